The van der Waals surface area contributed by atoms with Gasteiger partial charge in [0.1, 0.15) is 5.82 Å². The first-order valence-corrected chi connectivity index (χ1v) is 13.2. The van der Waals surface area contributed by atoms with E-state index in [0.29, 0.717) is 17.1 Å². The van der Waals surface area contributed by atoms with Crippen LogP contribution in [-0.4, -0.2) is 18.1 Å². The summed E-state index contributed by atoms with van der Waals surface area (Å²) < 4.78 is 4.87. The minimum atomic E-state index is -0.386. The van der Waals surface area contributed by atoms with E-state index >= 15 is 0 Å². The fourth-order valence-corrected chi connectivity index (χ4v) is 6.95. The van der Waals surface area contributed by atoms with Crippen LogP contribution in [0.4, 0.5) is 22.9 Å². The van der Waals surface area contributed by atoms with Gasteiger partial charge in [-0.2, -0.15) is 0 Å². The Balaban J connectivity index is 1.30. The zero-order valence-electron chi connectivity index (χ0n) is 21.2. The lowest BCUT2D eigenvalue weighted by Crippen LogP contribution is -2.42. The third-order valence-corrected chi connectivity index (χ3v) is 8.16. The van der Waals surface area contributed by atoms with Crippen molar-refractivity contribution in [3.05, 3.63) is 76.9 Å². The molecule has 0 amide bonds. The molecule has 2 bridgehead atoms. The van der Waals surface area contributed by atoms with E-state index in [0.717, 1.165) is 34.2 Å². The highest BCUT2D eigenvalue weighted by Crippen LogP contribution is 2.54. The van der Waals surface area contributed by atoms with E-state index < -0.39 is 0 Å². The van der Waals surface area contributed by atoms with Gasteiger partial charge in [0.25, 0.3) is 0 Å². The molecule has 6 heteroatoms. The number of hydrogen-bond acceptors (Lipinski definition) is 5. The summed E-state index contributed by atoms with van der Waals surface area (Å²) in [5, 5.41) is 7.33. The number of pyridine rings is 1. The number of anilines is 4. The second kappa shape index (κ2) is 10.1. The highest BCUT2D eigenvalue weighted by molar-refractivity contribution is 6.33. The zero-order chi connectivity index (χ0) is 25.3. The lowest BCUT2D eigenvalue weighted by Gasteiger charge is -2.50. The Bertz CT molecular complexity index is 1220. The lowest BCUT2D eigenvalue weighted by molar-refractivity contribution is 0.0602. The second-order valence-corrected chi connectivity index (χ2v) is 11.3. The summed E-state index contributed by atoms with van der Waals surface area (Å²) in [6.45, 7) is 4.82. The van der Waals surface area contributed by atoms with Crippen LogP contribution in [0, 0.1) is 17.8 Å². The number of benzene rings is 2. The summed E-state index contributed by atoms with van der Waals surface area (Å²) in [7, 11) is 1.38. The number of nitrogens with one attached hydrogen (secondary N) is 2. The smallest absolute Gasteiger partial charge is 0.339 e. The Morgan fingerprint density at radius 2 is 1.72 bits per heavy atom. The fraction of sp³-hybridized carbons (Fsp3) is 0.400. The maximum atomic E-state index is 12.0. The van der Waals surface area contributed by atoms with E-state index in [-0.39, 0.29) is 11.4 Å². The van der Waals surface area contributed by atoms with Crippen molar-refractivity contribution in [3.8, 4) is 0 Å². The zero-order valence-corrected chi connectivity index (χ0v) is 21.9. The molecule has 5 rings (SSSR count). The van der Waals surface area contributed by atoms with Crippen molar-refractivity contribution < 1.29 is 9.53 Å². The van der Waals surface area contributed by atoms with Gasteiger partial charge >= 0.3 is 5.97 Å². The first-order chi connectivity index (χ1) is 17.3. The topological polar surface area (TPSA) is 63.2 Å². The Morgan fingerprint density at radius 3 is 2.39 bits per heavy atom. The van der Waals surface area contributed by atoms with E-state index in [9.17, 15) is 4.79 Å². The van der Waals surface area contributed by atoms with Gasteiger partial charge in [0.05, 0.1) is 41.0 Å². The highest BCUT2D eigenvalue weighted by atomic mass is 35.5. The van der Waals surface area contributed by atoms with E-state index in [4.69, 9.17) is 16.3 Å². The average molecular weight is 504 g/mol. The number of carbonyl (C=O) groups is 1. The molecular formula is C30H34ClN3O2. The first kappa shape index (κ1) is 24.6. The molecule has 2 fully saturated rings. The molecule has 36 heavy (non-hydrogen) atoms. The quantitative estimate of drug-likeness (QED) is 0.332. The van der Waals surface area contributed by atoms with Crippen LogP contribution in [0.15, 0.2) is 60.8 Å². The SMILES string of the molecule is COC(=O)c1ccccc1Nc1ccc(Nc2ccc(C34CC(C)CC(CC(C)C3)C4)cc2Cl)nc1. The van der Waals surface area contributed by atoms with Gasteiger partial charge in [0.2, 0.25) is 0 Å². The predicted octanol–water partition coefficient (Wildman–Crippen LogP) is 8.11. The molecule has 2 aromatic carbocycles. The molecule has 0 spiro atoms. The van der Waals surface area contributed by atoms with Crippen molar-refractivity contribution in [2.75, 3.05) is 17.7 Å². The number of carbonyl (C=O) groups excluding carboxylic acids is 1. The second-order valence-electron chi connectivity index (χ2n) is 10.9. The van der Waals surface area contributed by atoms with E-state index in [1.54, 1.807) is 18.3 Å². The van der Waals surface area contributed by atoms with Crippen LogP contribution < -0.4 is 10.6 Å². The molecule has 2 saturated carbocycles. The van der Waals surface area contributed by atoms with Gasteiger partial charge in [-0.25, -0.2) is 9.78 Å². The van der Waals surface area contributed by atoms with Crippen LogP contribution >= 0.6 is 11.6 Å². The van der Waals surface area contributed by atoms with Crippen LogP contribution in [0.1, 0.15) is 61.9 Å². The number of esters is 1. The summed E-state index contributed by atoms with van der Waals surface area (Å²) in [6.07, 6.45) is 8.26. The molecular weight excluding hydrogens is 470 g/mol. The van der Waals surface area contributed by atoms with Crippen molar-refractivity contribution in [2.24, 2.45) is 17.8 Å². The van der Waals surface area contributed by atoms with Gasteiger partial charge in [0, 0.05) is 0 Å². The normalized spacial score (nSPS) is 25.2. The standard InChI is InChI=1S/C30H34ClN3O2/c1-19-12-21-13-20(2)16-30(15-19,17-21)22-8-10-27(25(31)14-22)34-28-11-9-23(18-32-28)33-26-7-5-4-6-24(26)29(35)36-3/h4-11,14,18-21,33H,12-13,15-17H2,1-3H3,(H,32,34). The van der Waals surface area contributed by atoms with E-state index in [1.165, 1.54) is 44.8 Å². The largest absolute Gasteiger partial charge is 0.465 e. The molecule has 2 unspecified atom stereocenters. The van der Waals surface area contributed by atoms with Crippen LogP contribution in [0.3, 0.4) is 0 Å². The van der Waals surface area contributed by atoms with Gasteiger partial charge in [-0.1, -0.05) is 43.6 Å². The molecule has 2 N–H and O–H groups in total. The Morgan fingerprint density at radius 1 is 0.972 bits per heavy atom. The van der Waals surface area contributed by atoms with Gasteiger partial charge in [-0.15, -0.1) is 0 Å². The molecule has 5 nitrogen and oxygen atoms in total. The van der Waals surface area contributed by atoms with Gasteiger partial charge in [-0.05, 0) is 97.2 Å². The summed E-state index contributed by atoms with van der Waals surface area (Å²) in [6, 6.07) is 17.6. The van der Waals surface area contributed by atoms with Gasteiger partial charge in [0.15, 0.2) is 0 Å². The van der Waals surface area contributed by atoms with Gasteiger partial charge in [-0.3, -0.25) is 0 Å². The number of ether oxygens (including phenoxy) is 1. The number of fused-ring (bicyclic) bond motifs is 2. The molecule has 0 aliphatic heterocycles. The molecule has 1 heterocycles. The van der Waals surface area contributed by atoms with Gasteiger partial charge < -0.3 is 15.4 Å². The van der Waals surface area contributed by atoms with Crippen LogP contribution in [-0.2, 0) is 10.2 Å². The Kier molecular flexibility index (Phi) is 6.94. The van der Waals surface area contributed by atoms with Crippen molar-refractivity contribution >= 4 is 40.5 Å². The average Bonchev–Trinajstić information content (AvgIpc) is 2.85. The van der Waals surface area contributed by atoms with Crippen molar-refractivity contribution in [2.45, 2.75) is 51.4 Å². The Hall–Kier alpha value is -3.05. The van der Waals surface area contributed by atoms with Crippen molar-refractivity contribution in [1.82, 2.24) is 4.98 Å². The summed E-state index contributed by atoms with van der Waals surface area (Å²) in [5.41, 5.74) is 4.41. The fourth-order valence-electron chi connectivity index (χ4n) is 6.72. The molecule has 2 aliphatic carbocycles. The molecule has 0 saturated heterocycles. The minimum absolute atomic E-state index is 0.258. The number of aromatic nitrogens is 1. The third kappa shape index (κ3) is 5.08. The molecule has 0 radical (unpaired) electrons. The maximum Gasteiger partial charge on any atom is 0.339 e. The minimum Gasteiger partial charge on any atom is -0.465 e. The number of para-hydroxylation sites is 1. The summed E-state index contributed by atoms with van der Waals surface area (Å²) in [4.78, 5) is 16.6. The molecule has 188 valence electrons. The number of rotatable bonds is 6. The van der Waals surface area contributed by atoms with Crippen LogP contribution in [0.5, 0.6) is 0 Å². The molecule has 1 aromatic heterocycles. The van der Waals surface area contributed by atoms with Crippen molar-refractivity contribution in [3.63, 3.8) is 0 Å². The monoisotopic (exact) mass is 503 g/mol. The number of hydrogen-bond donors (Lipinski definition) is 2. The third-order valence-electron chi connectivity index (χ3n) is 7.85. The van der Waals surface area contributed by atoms with Crippen LogP contribution in [0.2, 0.25) is 5.02 Å². The number of methoxy groups -OCH3 is 1. The number of halogens is 1. The van der Waals surface area contributed by atoms with E-state index in [2.05, 4.69) is 47.7 Å². The molecule has 2 atom stereocenters. The molecule has 2 aliphatic rings. The predicted molar refractivity (Wildman–Crippen MR) is 147 cm³/mol. The van der Waals surface area contributed by atoms with Crippen molar-refractivity contribution in [1.29, 1.82) is 0 Å². The first-order valence-electron chi connectivity index (χ1n) is 12.8. The number of nitrogens with zero attached hydrogens (tertiary/aromatic N) is 1. The Labute approximate surface area is 218 Å². The highest BCUT2D eigenvalue weighted by Gasteiger charge is 2.45. The molecule has 3 aromatic rings. The van der Waals surface area contributed by atoms with Crippen LogP contribution in [0.25, 0.3) is 0 Å². The maximum absolute atomic E-state index is 12.0. The summed E-state index contributed by atoms with van der Waals surface area (Å²) in [5.74, 6) is 2.69. The summed E-state index contributed by atoms with van der Waals surface area (Å²) >= 11 is 6.80. The lowest BCUT2D eigenvalue weighted by atomic mass is 9.54. The van der Waals surface area contributed by atoms with E-state index in [1.807, 2.05) is 24.3 Å².